The molecule has 0 fully saturated rings. The Morgan fingerprint density at radius 1 is 1.60 bits per heavy atom. The molecular formula is C9H8BrN3O2. The number of fused-ring (bicyclic) bond motifs is 1. The first-order chi connectivity index (χ1) is 7.18. The van der Waals surface area contributed by atoms with Crippen LogP contribution in [0.3, 0.4) is 0 Å². The van der Waals surface area contributed by atoms with Crippen molar-refractivity contribution >= 4 is 27.7 Å². The van der Waals surface area contributed by atoms with E-state index in [2.05, 4.69) is 25.9 Å². The van der Waals surface area contributed by atoms with Gasteiger partial charge in [-0.2, -0.15) is 0 Å². The summed E-state index contributed by atoms with van der Waals surface area (Å²) in [5, 5.41) is 8.61. The maximum atomic E-state index is 10.5. The van der Waals surface area contributed by atoms with Gasteiger partial charge in [0.25, 0.3) is 0 Å². The molecule has 0 atom stereocenters. The maximum absolute atomic E-state index is 10.5. The molecule has 0 radical (unpaired) electrons. The van der Waals surface area contributed by atoms with Gasteiger partial charge in [0.15, 0.2) is 0 Å². The van der Waals surface area contributed by atoms with Gasteiger partial charge >= 0.3 is 5.97 Å². The Hall–Kier alpha value is -1.43. The van der Waals surface area contributed by atoms with Crippen LogP contribution in [0.5, 0.6) is 0 Å². The summed E-state index contributed by atoms with van der Waals surface area (Å²) in [6.45, 7) is 0. The molecule has 0 bridgehead atoms. The molecule has 5 nitrogen and oxygen atoms in total. The minimum atomic E-state index is -0.819. The van der Waals surface area contributed by atoms with Crippen molar-refractivity contribution in [3.63, 3.8) is 0 Å². The van der Waals surface area contributed by atoms with Crippen molar-refractivity contribution in [3.8, 4) is 0 Å². The van der Waals surface area contributed by atoms with Gasteiger partial charge < -0.3 is 5.11 Å². The fourth-order valence-electron chi connectivity index (χ4n) is 1.36. The Morgan fingerprint density at radius 2 is 2.40 bits per heavy atom. The third-order valence-electron chi connectivity index (χ3n) is 2.03. The first-order valence-electron chi connectivity index (χ1n) is 4.37. The van der Waals surface area contributed by atoms with Crippen molar-refractivity contribution in [1.29, 1.82) is 0 Å². The highest BCUT2D eigenvalue weighted by Gasteiger charge is 2.11. The van der Waals surface area contributed by atoms with Crippen molar-refractivity contribution in [2.45, 2.75) is 12.8 Å². The number of nitrogens with zero attached hydrogens (tertiary/aromatic N) is 3. The quantitative estimate of drug-likeness (QED) is 0.917. The normalized spacial score (nSPS) is 10.7. The molecule has 0 saturated heterocycles. The van der Waals surface area contributed by atoms with Crippen LogP contribution in [0.2, 0.25) is 0 Å². The van der Waals surface area contributed by atoms with Crippen LogP contribution in [0.4, 0.5) is 0 Å². The van der Waals surface area contributed by atoms with Gasteiger partial charge in [-0.3, -0.25) is 9.20 Å². The van der Waals surface area contributed by atoms with Gasteiger partial charge in [0.2, 0.25) is 5.78 Å². The summed E-state index contributed by atoms with van der Waals surface area (Å²) in [6.07, 6.45) is 3.98. The molecule has 1 N–H and O–H groups in total. The summed E-state index contributed by atoms with van der Waals surface area (Å²) in [4.78, 5) is 18.7. The third kappa shape index (κ3) is 1.99. The molecule has 0 aliphatic rings. The van der Waals surface area contributed by atoms with Crippen LogP contribution in [0.15, 0.2) is 23.1 Å². The summed E-state index contributed by atoms with van der Waals surface area (Å²) < 4.78 is 2.44. The van der Waals surface area contributed by atoms with Gasteiger partial charge in [-0.05, 0) is 22.0 Å². The molecule has 2 aromatic rings. The highest BCUT2D eigenvalue weighted by Crippen LogP contribution is 2.18. The Kier molecular flexibility index (Phi) is 2.68. The number of carboxylic acids is 1. The lowest BCUT2D eigenvalue weighted by Crippen LogP contribution is -2.00. The molecule has 0 aliphatic carbocycles. The van der Waals surface area contributed by atoms with E-state index in [0.29, 0.717) is 16.8 Å². The number of aromatic nitrogens is 3. The lowest BCUT2D eigenvalue weighted by Gasteiger charge is -1.98. The predicted octanol–water partition coefficient (Wildman–Crippen LogP) is 1.51. The molecule has 2 aromatic heterocycles. The van der Waals surface area contributed by atoms with Gasteiger partial charge in [-0.1, -0.05) is 0 Å². The number of imidazole rings is 1. The predicted molar refractivity (Wildman–Crippen MR) is 56.6 cm³/mol. The van der Waals surface area contributed by atoms with Crippen LogP contribution < -0.4 is 0 Å². The Balaban J connectivity index is 2.40. The fourth-order valence-corrected chi connectivity index (χ4v) is 1.91. The van der Waals surface area contributed by atoms with Gasteiger partial charge in [-0.25, -0.2) is 9.97 Å². The lowest BCUT2D eigenvalue weighted by atomic mass is 10.2. The van der Waals surface area contributed by atoms with Crippen molar-refractivity contribution in [1.82, 2.24) is 14.4 Å². The number of rotatable bonds is 3. The van der Waals surface area contributed by atoms with Gasteiger partial charge in [-0.15, -0.1) is 0 Å². The molecule has 78 valence electrons. The second-order valence-electron chi connectivity index (χ2n) is 3.03. The molecule has 0 spiro atoms. The Labute approximate surface area is 93.9 Å². The van der Waals surface area contributed by atoms with Crippen molar-refractivity contribution < 1.29 is 9.90 Å². The number of carbonyl (C=O) groups is 1. The SMILES string of the molecule is O=C(O)CCc1c(Br)nc2ncccn12. The average molecular weight is 270 g/mol. The van der Waals surface area contributed by atoms with E-state index in [4.69, 9.17) is 5.11 Å². The molecule has 0 unspecified atom stereocenters. The van der Waals surface area contributed by atoms with E-state index >= 15 is 0 Å². The summed E-state index contributed by atoms with van der Waals surface area (Å²) >= 11 is 3.29. The standard InChI is InChI=1S/C9H8BrN3O2/c10-8-6(2-3-7(14)15)13-5-1-4-11-9(13)12-8/h1,4-5H,2-3H2,(H,14,15). The van der Waals surface area contributed by atoms with Crippen LogP contribution in [0, 0.1) is 0 Å². The van der Waals surface area contributed by atoms with Crippen molar-refractivity contribution in [3.05, 3.63) is 28.8 Å². The maximum Gasteiger partial charge on any atom is 0.303 e. The lowest BCUT2D eigenvalue weighted by molar-refractivity contribution is -0.136. The molecule has 0 amide bonds. The molecule has 2 rings (SSSR count). The topological polar surface area (TPSA) is 67.5 Å². The minimum absolute atomic E-state index is 0.0846. The first kappa shape index (κ1) is 10.1. The second kappa shape index (κ2) is 3.98. The van der Waals surface area contributed by atoms with Crippen LogP contribution in [-0.4, -0.2) is 25.4 Å². The summed E-state index contributed by atoms with van der Waals surface area (Å²) in [5.74, 6) is -0.245. The van der Waals surface area contributed by atoms with Crippen LogP contribution in [-0.2, 0) is 11.2 Å². The van der Waals surface area contributed by atoms with Crippen molar-refractivity contribution in [2.24, 2.45) is 0 Å². The number of aliphatic carboxylic acids is 1. The Morgan fingerprint density at radius 3 is 3.13 bits per heavy atom. The molecular weight excluding hydrogens is 262 g/mol. The summed E-state index contributed by atoms with van der Waals surface area (Å²) in [6, 6.07) is 1.78. The average Bonchev–Trinajstić information content (AvgIpc) is 2.50. The number of aryl methyl sites for hydroxylation is 1. The van der Waals surface area contributed by atoms with E-state index < -0.39 is 5.97 Å². The minimum Gasteiger partial charge on any atom is -0.481 e. The van der Waals surface area contributed by atoms with Crippen LogP contribution in [0.1, 0.15) is 12.1 Å². The summed E-state index contributed by atoms with van der Waals surface area (Å²) in [7, 11) is 0. The largest absolute Gasteiger partial charge is 0.481 e. The molecule has 0 aliphatic heterocycles. The van der Waals surface area contributed by atoms with Gasteiger partial charge in [0.05, 0.1) is 12.1 Å². The third-order valence-corrected chi connectivity index (χ3v) is 2.66. The van der Waals surface area contributed by atoms with E-state index in [-0.39, 0.29) is 6.42 Å². The van der Waals surface area contributed by atoms with E-state index in [0.717, 1.165) is 5.69 Å². The molecule has 0 saturated carbocycles. The van der Waals surface area contributed by atoms with E-state index in [1.165, 1.54) is 0 Å². The van der Waals surface area contributed by atoms with Gasteiger partial charge in [0, 0.05) is 18.8 Å². The first-order valence-corrected chi connectivity index (χ1v) is 5.17. The zero-order chi connectivity index (χ0) is 10.8. The number of carboxylic acid groups (broad SMARTS) is 1. The van der Waals surface area contributed by atoms with Gasteiger partial charge in [0.1, 0.15) is 4.60 Å². The molecule has 15 heavy (non-hydrogen) atoms. The van der Waals surface area contributed by atoms with E-state index in [1.807, 2.05) is 6.20 Å². The molecule has 2 heterocycles. The van der Waals surface area contributed by atoms with Crippen molar-refractivity contribution in [2.75, 3.05) is 0 Å². The zero-order valence-electron chi connectivity index (χ0n) is 7.72. The fraction of sp³-hybridized carbons (Fsp3) is 0.222. The number of hydrogen-bond acceptors (Lipinski definition) is 3. The molecule has 6 heteroatoms. The highest BCUT2D eigenvalue weighted by molar-refractivity contribution is 9.10. The monoisotopic (exact) mass is 269 g/mol. The Bertz CT molecular complexity index is 509. The van der Waals surface area contributed by atoms with E-state index in [1.54, 1.807) is 16.7 Å². The number of hydrogen-bond donors (Lipinski definition) is 1. The van der Waals surface area contributed by atoms with Crippen LogP contribution >= 0.6 is 15.9 Å². The second-order valence-corrected chi connectivity index (χ2v) is 3.78. The smallest absolute Gasteiger partial charge is 0.303 e. The zero-order valence-corrected chi connectivity index (χ0v) is 9.31. The number of halogens is 1. The highest BCUT2D eigenvalue weighted by atomic mass is 79.9. The van der Waals surface area contributed by atoms with E-state index in [9.17, 15) is 4.79 Å². The summed E-state index contributed by atoms with van der Waals surface area (Å²) in [5.41, 5.74) is 0.834. The molecule has 0 aromatic carbocycles. The van der Waals surface area contributed by atoms with Crippen LogP contribution in [0.25, 0.3) is 5.78 Å².